The summed E-state index contributed by atoms with van der Waals surface area (Å²) in [6.07, 6.45) is 6.86. The van der Waals surface area contributed by atoms with Gasteiger partial charge in [0.2, 0.25) is 0 Å². The number of thiazole rings is 1. The van der Waals surface area contributed by atoms with Gasteiger partial charge in [0.1, 0.15) is 0 Å². The molecule has 0 radical (unpaired) electrons. The zero-order valence-corrected chi connectivity index (χ0v) is 10.6. The van der Waals surface area contributed by atoms with Crippen LogP contribution in [0.1, 0.15) is 35.3 Å². The van der Waals surface area contributed by atoms with Gasteiger partial charge >= 0.3 is 0 Å². The Morgan fingerprint density at radius 2 is 2.27 bits per heavy atom. The van der Waals surface area contributed by atoms with Crippen LogP contribution in [0.15, 0.2) is 17.7 Å². The highest BCUT2D eigenvalue weighted by Crippen LogP contribution is 2.32. The van der Waals surface area contributed by atoms with Crippen LogP contribution < -0.4 is 0 Å². The first-order chi connectivity index (χ1) is 7.20. The van der Waals surface area contributed by atoms with Crippen molar-refractivity contribution in [3.8, 4) is 0 Å². The topological polar surface area (TPSA) is 12.9 Å². The van der Waals surface area contributed by atoms with E-state index in [1.807, 2.05) is 6.92 Å². The van der Waals surface area contributed by atoms with E-state index in [1.165, 1.54) is 22.4 Å². The Morgan fingerprint density at radius 1 is 1.47 bits per heavy atom. The van der Waals surface area contributed by atoms with E-state index < -0.39 is 0 Å². The van der Waals surface area contributed by atoms with Gasteiger partial charge in [-0.25, -0.2) is 4.98 Å². The lowest BCUT2D eigenvalue weighted by atomic mass is 9.99. The van der Waals surface area contributed by atoms with Crippen molar-refractivity contribution >= 4 is 28.5 Å². The summed E-state index contributed by atoms with van der Waals surface area (Å²) < 4.78 is 0. The molecule has 0 aromatic carbocycles. The molecule has 0 atom stereocenters. The average molecular weight is 240 g/mol. The number of allylic oxidation sites excluding steroid dienone is 4. The van der Waals surface area contributed by atoms with Gasteiger partial charge in [0.25, 0.3) is 0 Å². The Balaban J connectivity index is 2.40. The lowest BCUT2D eigenvalue weighted by Crippen LogP contribution is -1.91. The molecule has 1 nitrogen and oxygen atoms in total. The molecular formula is C12H14ClNS. The van der Waals surface area contributed by atoms with E-state index in [-0.39, 0.29) is 0 Å². The monoisotopic (exact) mass is 239 g/mol. The average Bonchev–Trinajstić information content (AvgIpc) is 2.59. The highest BCUT2D eigenvalue weighted by atomic mass is 35.5. The van der Waals surface area contributed by atoms with Gasteiger partial charge in [0.05, 0.1) is 21.5 Å². The maximum Gasteiger partial charge on any atom is 0.0904 e. The van der Waals surface area contributed by atoms with Crippen molar-refractivity contribution in [3.63, 3.8) is 0 Å². The minimum Gasteiger partial charge on any atom is -0.245 e. The molecule has 80 valence electrons. The molecule has 0 saturated carbocycles. The van der Waals surface area contributed by atoms with Crippen molar-refractivity contribution in [2.45, 2.75) is 32.6 Å². The maximum atomic E-state index is 5.90. The van der Waals surface area contributed by atoms with Crippen molar-refractivity contribution in [1.29, 1.82) is 0 Å². The fourth-order valence-electron chi connectivity index (χ4n) is 1.80. The second-order valence-corrected chi connectivity index (χ2v) is 5.30. The van der Waals surface area contributed by atoms with Gasteiger partial charge in [-0.2, -0.15) is 0 Å². The van der Waals surface area contributed by atoms with Crippen molar-refractivity contribution in [3.05, 3.63) is 33.3 Å². The first-order valence-corrected chi connectivity index (χ1v) is 6.46. The number of alkyl halides is 1. The molecule has 0 N–H and O–H groups in total. The Hall–Kier alpha value is -0.600. The third-order valence-corrected chi connectivity index (χ3v) is 3.81. The SMILES string of the molecule is CC1=CC(c2sc(C)nc2CCl)=CCC1. The van der Waals surface area contributed by atoms with Gasteiger partial charge in [-0.05, 0) is 32.3 Å². The Bertz CT molecular complexity index is 429. The summed E-state index contributed by atoms with van der Waals surface area (Å²) in [6.45, 7) is 4.21. The van der Waals surface area contributed by atoms with Gasteiger partial charge in [-0.1, -0.05) is 17.7 Å². The van der Waals surface area contributed by atoms with Crippen LogP contribution in [-0.2, 0) is 5.88 Å². The molecular weight excluding hydrogens is 226 g/mol. The molecule has 2 rings (SSSR count). The van der Waals surface area contributed by atoms with Crippen LogP contribution >= 0.6 is 22.9 Å². The second kappa shape index (κ2) is 4.50. The van der Waals surface area contributed by atoms with Crippen LogP contribution in [0.2, 0.25) is 0 Å². The standard InChI is InChI=1S/C12H14ClNS/c1-8-4-3-5-10(6-8)12-11(7-13)14-9(2)15-12/h5-6H,3-4,7H2,1-2H3. The summed E-state index contributed by atoms with van der Waals surface area (Å²) in [4.78, 5) is 5.70. The van der Waals surface area contributed by atoms with Gasteiger partial charge in [-0.3, -0.25) is 0 Å². The predicted molar refractivity (Wildman–Crippen MR) is 67.4 cm³/mol. The van der Waals surface area contributed by atoms with Gasteiger partial charge < -0.3 is 0 Å². The van der Waals surface area contributed by atoms with Crippen molar-refractivity contribution in [2.75, 3.05) is 0 Å². The molecule has 0 aliphatic heterocycles. The van der Waals surface area contributed by atoms with E-state index in [0.29, 0.717) is 5.88 Å². The van der Waals surface area contributed by atoms with Crippen LogP contribution in [0.25, 0.3) is 5.57 Å². The Morgan fingerprint density at radius 3 is 2.93 bits per heavy atom. The number of hydrogen-bond donors (Lipinski definition) is 0. The molecule has 1 heterocycles. The summed E-state index contributed by atoms with van der Waals surface area (Å²) in [5.74, 6) is 0.504. The van der Waals surface area contributed by atoms with Gasteiger partial charge in [0.15, 0.2) is 0 Å². The molecule has 15 heavy (non-hydrogen) atoms. The lowest BCUT2D eigenvalue weighted by molar-refractivity contribution is 0.966. The first kappa shape index (κ1) is 10.9. The third-order valence-electron chi connectivity index (χ3n) is 2.50. The van der Waals surface area contributed by atoms with Crippen LogP contribution in [0.4, 0.5) is 0 Å². The molecule has 0 unspecified atom stereocenters. The minimum absolute atomic E-state index is 0.504. The van der Waals surface area contributed by atoms with Crippen LogP contribution in [-0.4, -0.2) is 4.98 Å². The van der Waals surface area contributed by atoms with Crippen molar-refractivity contribution < 1.29 is 0 Å². The number of halogens is 1. The summed E-state index contributed by atoms with van der Waals surface area (Å²) >= 11 is 7.64. The fourth-order valence-corrected chi connectivity index (χ4v) is 3.02. The minimum atomic E-state index is 0.504. The highest BCUT2D eigenvalue weighted by molar-refractivity contribution is 7.12. The van der Waals surface area contributed by atoms with Crippen LogP contribution in [0, 0.1) is 6.92 Å². The normalized spacial score (nSPS) is 16.2. The smallest absolute Gasteiger partial charge is 0.0904 e. The third kappa shape index (κ3) is 2.32. The molecule has 1 aromatic heterocycles. The van der Waals surface area contributed by atoms with E-state index in [2.05, 4.69) is 24.1 Å². The van der Waals surface area contributed by atoms with Crippen molar-refractivity contribution in [1.82, 2.24) is 4.98 Å². The molecule has 1 aliphatic rings. The molecule has 0 bridgehead atoms. The lowest BCUT2D eigenvalue weighted by Gasteiger charge is -2.09. The second-order valence-electron chi connectivity index (χ2n) is 3.83. The summed E-state index contributed by atoms with van der Waals surface area (Å²) in [5.41, 5.74) is 3.77. The number of hydrogen-bond acceptors (Lipinski definition) is 2. The molecule has 0 saturated heterocycles. The van der Waals surface area contributed by atoms with E-state index >= 15 is 0 Å². The zero-order chi connectivity index (χ0) is 10.8. The quantitative estimate of drug-likeness (QED) is 0.701. The van der Waals surface area contributed by atoms with Crippen LogP contribution in [0.3, 0.4) is 0 Å². The number of nitrogens with zero attached hydrogens (tertiary/aromatic N) is 1. The summed E-state index contributed by atoms with van der Waals surface area (Å²) in [7, 11) is 0. The van der Waals surface area contributed by atoms with Gasteiger partial charge in [-0.15, -0.1) is 22.9 Å². The largest absolute Gasteiger partial charge is 0.245 e. The molecule has 3 heteroatoms. The van der Waals surface area contributed by atoms with E-state index in [4.69, 9.17) is 11.6 Å². The number of rotatable bonds is 2. The molecule has 0 amide bonds. The van der Waals surface area contributed by atoms with E-state index in [0.717, 1.165) is 17.1 Å². The summed E-state index contributed by atoms with van der Waals surface area (Å²) in [5, 5.41) is 1.10. The van der Waals surface area contributed by atoms with Crippen molar-refractivity contribution in [2.24, 2.45) is 0 Å². The number of aromatic nitrogens is 1. The molecule has 1 aliphatic carbocycles. The fraction of sp³-hybridized carbons (Fsp3) is 0.417. The Labute approximate surface area is 99.5 Å². The predicted octanol–water partition coefficient (Wildman–Crippen LogP) is 4.31. The number of aryl methyl sites for hydroxylation is 1. The molecule has 0 spiro atoms. The zero-order valence-electron chi connectivity index (χ0n) is 9.01. The molecule has 0 fully saturated rings. The van der Waals surface area contributed by atoms with E-state index in [1.54, 1.807) is 11.3 Å². The van der Waals surface area contributed by atoms with E-state index in [9.17, 15) is 0 Å². The highest BCUT2D eigenvalue weighted by Gasteiger charge is 2.13. The summed E-state index contributed by atoms with van der Waals surface area (Å²) in [6, 6.07) is 0. The Kier molecular flexibility index (Phi) is 3.27. The maximum absolute atomic E-state index is 5.90. The first-order valence-electron chi connectivity index (χ1n) is 5.10. The van der Waals surface area contributed by atoms with Gasteiger partial charge in [0, 0.05) is 0 Å². The van der Waals surface area contributed by atoms with Crippen LogP contribution in [0.5, 0.6) is 0 Å². The molecule has 1 aromatic rings.